The van der Waals surface area contributed by atoms with E-state index in [1.165, 1.54) is 14.2 Å². The number of carbonyl (C=O) groups is 4. The van der Waals surface area contributed by atoms with Crippen molar-refractivity contribution in [3.05, 3.63) is 72.6 Å². The molecule has 2 aromatic heterocycles. The molecule has 4 aromatic rings. The number of imidazole rings is 2. The number of H-pyrrole nitrogens is 2. The largest absolute Gasteiger partial charge is 0.453 e. The number of aromatic nitrogens is 4. The second kappa shape index (κ2) is 18.1. The average molecular weight is 755 g/mol. The van der Waals surface area contributed by atoms with E-state index in [0.717, 1.165) is 52.3 Å². The van der Waals surface area contributed by atoms with Crippen LogP contribution in [-0.2, 0) is 19.1 Å². The Balaban J connectivity index is 1.26. The molecule has 1 aliphatic heterocycles. The van der Waals surface area contributed by atoms with Gasteiger partial charge in [-0.05, 0) is 60.3 Å². The summed E-state index contributed by atoms with van der Waals surface area (Å²) in [7, 11) is 2.57. The summed E-state index contributed by atoms with van der Waals surface area (Å²) in [4.78, 5) is 70.9. The first kappa shape index (κ1) is 40.5. The molecule has 1 saturated heterocycles. The minimum atomic E-state index is -0.726. The van der Waals surface area contributed by atoms with E-state index in [0.29, 0.717) is 25.3 Å². The van der Waals surface area contributed by atoms with Gasteiger partial charge in [-0.15, -0.1) is 0 Å². The molecular weight excluding hydrogens is 701 g/mol. The van der Waals surface area contributed by atoms with E-state index in [9.17, 15) is 19.2 Å². The number of hydrogen-bond donors (Lipinski definition) is 4. The number of hydrogen-bond acceptors (Lipinski definition) is 8. The van der Waals surface area contributed by atoms with Gasteiger partial charge in [0.1, 0.15) is 23.7 Å². The molecule has 5 rings (SSSR count). The van der Waals surface area contributed by atoms with E-state index in [-0.39, 0.29) is 35.7 Å². The number of likely N-dealkylation sites (tertiary alicyclic amines) is 1. The number of rotatable bonds is 14. The standard InChI is InChI=1S/C41H54N8O6/c1-9-32(48(10-2)38(50)34(24(3)4)46-40(52)54-7)36-42-22-30(44-36)28-17-13-26(14-18-28)27-15-19-29(20-16-27)31-23-43-37(45-31)33-12-11-21-49(33)39(51)35(25(5)6)47-41(53)55-8/h13-20,22-25,32-35H,9-12,21H2,1-8H3,(H,42,44)(H,43,45)(H,46,52)(H,47,53)/t32-,33-,34?,35-/m0/s1. The quantitative estimate of drug-likeness (QED) is 0.108. The third-order valence-corrected chi connectivity index (χ3v) is 10.3. The van der Waals surface area contributed by atoms with Gasteiger partial charge in [0.05, 0.1) is 50.1 Å². The Morgan fingerprint density at radius 1 is 0.782 bits per heavy atom. The van der Waals surface area contributed by atoms with Crippen molar-refractivity contribution in [2.45, 2.75) is 85.0 Å². The van der Waals surface area contributed by atoms with Crippen LogP contribution in [0.1, 0.15) is 84.5 Å². The second-order valence-corrected chi connectivity index (χ2v) is 14.5. The summed E-state index contributed by atoms with van der Waals surface area (Å²) in [6.07, 6.45) is 4.58. The van der Waals surface area contributed by atoms with Crippen molar-refractivity contribution in [3.8, 4) is 33.6 Å². The van der Waals surface area contributed by atoms with E-state index in [2.05, 4.69) is 54.8 Å². The number of nitrogens with zero attached hydrogens (tertiary/aromatic N) is 4. The molecule has 0 saturated carbocycles. The number of carbonyl (C=O) groups excluding carboxylic acids is 4. The minimum absolute atomic E-state index is 0.106. The van der Waals surface area contributed by atoms with Crippen molar-refractivity contribution in [1.29, 1.82) is 0 Å². The Labute approximate surface area is 322 Å². The highest BCUT2D eigenvalue weighted by Crippen LogP contribution is 2.34. The average Bonchev–Trinajstić information content (AvgIpc) is 3.99. The van der Waals surface area contributed by atoms with E-state index >= 15 is 0 Å². The third-order valence-electron chi connectivity index (χ3n) is 10.3. The number of alkyl carbamates (subject to hydrolysis) is 2. The lowest BCUT2D eigenvalue weighted by atomic mass is 10.0. The first-order valence-electron chi connectivity index (χ1n) is 19.0. The summed E-state index contributed by atoms with van der Waals surface area (Å²) in [6, 6.07) is 14.5. The van der Waals surface area contributed by atoms with Crippen LogP contribution in [0.5, 0.6) is 0 Å². The zero-order chi connectivity index (χ0) is 39.8. The number of aromatic amines is 2. The van der Waals surface area contributed by atoms with Crippen LogP contribution in [0.25, 0.3) is 33.6 Å². The summed E-state index contributed by atoms with van der Waals surface area (Å²) in [5, 5.41) is 5.38. The number of benzene rings is 2. The van der Waals surface area contributed by atoms with Crippen molar-refractivity contribution in [3.63, 3.8) is 0 Å². The Morgan fingerprint density at radius 3 is 1.80 bits per heavy atom. The van der Waals surface area contributed by atoms with E-state index in [4.69, 9.17) is 9.47 Å². The zero-order valence-electron chi connectivity index (χ0n) is 33.0. The highest BCUT2D eigenvalue weighted by Gasteiger charge is 2.38. The van der Waals surface area contributed by atoms with Crippen LogP contribution < -0.4 is 10.6 Å². The van der Waals surface area contributed by atoms with Crippen LogP contribution in [0, 0.1) is 11.8 Å². The normalized spacial score (nSPS) is 15.7. The number of methoxy groups -OCH3 is 2. The Hall–Kier alpha value is -5.66. The lowest BCUT2D eigenvalue weighted by molar-refractivity contribution is -0.137. The molecule has 14 heteroatoms. The Morgan fingerprint density at radius 2 is 1.29 bits per heavy atom. The van der Waals surface area contributed by atoms with E-state index in [1.54, 1.807) is 22.2 Å². The first-order valence-corrected chi connectivity index (χ1v) is 19.0. The van der Waals surface area contributed by atoms with Gasteiger partial charge in [-0.1, -0.05) is 83.1 Å². The third kappa shape index (κ3) is 9.18. The van der Waals surface area contributed by atoms with Crippen LogP contribution in [0.15, 0.2) is 60.9 Å². The highest BCUT2D eigenvalue weighted by molar-refractivity contribution is 5.87. The highest BCUT2D eigenvalue weighted by atomic mass is 16.5. The zero-order valence-corrected chi connectivity index (χ0v) is 33.0. The van der Waals surface area contributed by atoms with Gasteiger partial charge < -0.3 is 39.9 Å². The molecule has 4 amide bonds. The molecule has 0 bridgehead atoms. The summed E-state index contributed by atoms with van der Waals surface area (Å²) >= 11 is 0. The fourth-order valence-electron chi connectivity index (χ4n) is 7.15. The maximum absolute atomic E-state index is 13.6. The van der Waals surface area contributed by atoms with Crippen molar-refractivity contribution in [1.82, 2.24) is 40.4 Å². The molecule has 1 fully saturated rings. The smallest absolute Gasteiger partial charge is 0.407 e. The van der Waals surface area contributed by atoms with Gasteiger partial charge in [0.25, 0.3) is 0 Å². The second-order valence-electron chi connectivity index (χ2n) is 14.5. The lowest BCUT2D eigenvalue weighted by Gasteiger charge is -2.33. The molecule has 3 heterocycles. The number of ether oxygens (including phenoxy) is 2. The molecule has 0 aliphatic carbocycles. The fraction of sp³-hybridized carbons (Fsp3) is 0.463. The molecule has 4 N–H and O–H groups in total. The first-order chi connectivity index (χ1) is 26.4. The summed E-state index contributed by atoms with van der Waals surface area (Å²) in [6.45, 7) is 12.5. The van der Waals surface area contributed by atoms with Gasteiger partial charge in [-0.3, -0.25) is 9.59 Å². The Kier molecular flexibility index (Phi) is 13.3. The predicted octanol–water partition coefficient (Wildman–Crippen LogP) is 6.86. The minimum Gasteiger partial charge on any atom is -0.453 e. The summed E-state index contributed by atoms with van der Waals surface area (Å²) < 4.78 is 9.51. The number of nitrogens with one attached hydrogen (secondary N) is 4. The molecule has 2 aromatic carbocycles. The van der Waals surface area contributed by atoms with Crippen molar-refractivity contribution >= 4 is 24.0 Å². The van der Waals surface area contributed by atoms with E-state index < -0.39 is 24.3 Å². The van der Waals surface area contributed by atoms with Crippen LogP contribution in [-0.4, -0.2) is 93.1 Å². The number of amides is 4. The monoisotopic (exact) mass is 754 g/mol. The molecule has 0 spiro atoms. The molecular formula is C41H54N8O6. The molecule has 14 nitrogen and oxygen atoms in total. The molecule has 4 atom stereocenters. The topological polar surface area (TPSA) is 175 Å². The van der Waals surface area contributed by atoms with Crippen LogP contribution in [0.3, 0.4) is 0 Å². The summed E-state index contributed by atoms with van der Waals surface area (Å²) in [5.41, 5.74) is 5.72. The lowest BCUT2D eigenvalue weighted by Crippen LogP contribution is -2.52. The molecule has 55 heavy (non-hydrogen) atoms. The number of likely N-dealkylation sites (N-methyl/N-ethyl adjacent to an activating group) is 1. The Bertz CT molecular complexity index is 1920. The van der Waals surface area contributed by atoms with Gasteiger partial charge in [-0.25, -0.2) is 19.6 Å². The van der Waals surface area contributed by atoms with Gasteiger partial charge in [0.2, 0.25) is 11.8 Å². The SMILES string of the molecule is CC[C@@H](c1ncc(-c2ccc(-c3ccc(-c4cnc([C@@H]5CCCN5C(=O)[C@@H](NC(=O)OC)C(C)C)[nH]4)cc3)cc2)[nH]1)N(CC)C(=O)C(NC(=O)OC)C(C)C. The van der Waals surface area contributed by atoms with Crippen LogP contribution in [0.2, 0.25) is 0 Å². The van der Waals surface area contributed by atoms with Crippen LogP contribution in [0.4, 0.5) is 9.59 Å². The maximum atomic E-state index is 13.6. The van der Waals surface area contributed by atoms with Crippen molar-refractivity contribution < 1.29 is 28.7 Å². The van der Waals surface area contributed by atoms with E-state index in [1.807, 2.05) is 65.8 Å². The van der Waals surface area contributed by atoms with Crippen LogP contribution >= 0.6 is 0 Å². The van der Waals surface area contributed by atoms with Crippen molar-refractivity contribution in [2.24, 2.45) is 11.8 Å². The fourth-order valence-corrected chi connectivity index (χ4v) is 7.15. The van der Waals surface area contributed by atoms with Gasteiger partial charge in [0.15, 0.2) is 0 Å². The van der Waals surface area contributed by atoms with Crippen molar-refractivity contribution in [2.75, 3.05) is 27.3 Å². The van der Waals surface area contributed by atoms with Gasteiger partial charge in [0, 0.05) is 13.1 Å². The maximum Gasteiger partial charge on any atom is 0.407 e. The van der Waals surface area contributed by atoms with Gasteiger partial charge >= 0.3 is 12.2 Å². The predicted molar refractivity (Wildman–Crippen MR) is 209 cm³/mol. The molecule has 1 aliphatic rings. The summed E-state index contributed by atoms with van der Waals surface area (Å²) in [5.74, 6) is 0.832. The molecule has 294 valence electrons. The molecule has 1 unspecified atom stereocenters. The molecule has 0 radical (unpaired) electrons. The van der Waals surface area contributed by atoms with Gasteiger partial charge in [-0.2, -0.15) is 0 Å².